The van der Waals surface area contributed by atoms with Gasteiger partial charge in [0.2, 0.25) is 11.8 Å². The van der Waals surface area contributed by atoms with Crippen molar-refractivity contribution in [2.24, 2.45) is 16.1 Å². The van der Waals surface area contributed by atoms with E-state index in [-0.39, 0.29) is 23.4 Å². The highest BCUT2D eigenvalue weighted by Crippen LogP contribution is 2.35. The van der Waals surface area contributed by atoms with Crippen molar-refractivity contribution >= 4 is 34.1 Å². The number of amides is 2. The van der Waals surface area contributed by atoms with E-state index in [0.29, 0.717) is 22.2 Å². The predicted octanol–water partition coefficient (Wildman–Crippen LogP) is 4.39. The Morgan fingerprint density at radius 2 is 1.77 bits per heavy atom. The van der Waals surface area contributed by atoms with Crippen LogP contribution in [0, 0.1) is 5.92 Å². The fourth-order valence-electron chi connectivity index (χ4n) is 2.35. The van der Waals surface area contributed by atoms with Crippen LogP contribution in [0.3, 0.4) is 0 Å². The zero-order valence-corrected chi connectivity index (χ0v) is 14.4. The fourth-order valence-corrected chi connectivity index (χ4v) is 2.35. The summed E-state index contributed by atoms with van der Waals surface area (Å²) in [5, 5.41) is 20.9. The number of para-hydroxylation sites is 1. The molecule has 0 bridgehead atoms. The predicted molar refractivity (Wildman–Crippen MR) is 98.7 cm³/mol. The first kappa shape index (κ1) is 17.3. The number of nitrogens with one attached hydrogen (secondary N) is 2. The molecule has 0 radical (unpaired) electrons. The number of fused-ring (bicyclic) bond motifs is 1. The van der Waals surface area contributed by atoms with Gasteiger partial charge >= 0.3 is 0 Å². The van der Waals surface area contributed by atoms with Crippen LogP contribution in [0.1, 0.15) is 24.2 Å². The van der Waals surface area contributed by atoms with Gasteiger partial charge in [-0.05, 0) is 30.3 Å². The van der Waals surface area contributed by atoms with Gasteiger partial charge in [0.25, 0.3) is 5.91 Å². The van der Waals surface area contributed by atoms with Crippen LogP contribution in [0.4, 0.5) is 11.4 Å². The smallest absolute Gasteiger partial charge is 0.295 e. The molecule has 2 amide bonds. The lowest BCUT2D eigenvalue weighted by Gasteiger charge is -2.07. The highest BCUT2D eigenvalue weighted by Gasteiger charge is 2.12. The molecule has 1 heterocycles. The van der Waals surface area contributed by atoms with Crippen molar-refractivity contribution in [3.63, 3.8) is 0 Å². The molecular formula is C19H18N4O3. The van der Waals surface area contributed by atoms with Crippen LogP contribution < -0.4 is 5.32 Å². The second-order valence-electron chi connectivity index (χ2n) is 6.09. The molecule has 7 nitrogen and oxygen atoms in total. The summed E-state index contributed by atoms with van der Waals surface area (Å²) in [7, 11) is 0. The molecule has 0 aliphatic rings. The molecule has 2 aromatic carbocycles. The van der Waals surface area contributed by atoms with Crippen LogP contribution in [0.15, 0.2) is 58.8 Å². The Morgan fingerprint density at radius 1 is 1.08 bits per heavy atom. The van der Waals surface area contributed by atoms with Gasteiger partial charge in [0.05, 0.1) is 5.52 Å². The number of H-pyrrole nitrogens is 1. The third-order valence-electron chi connectivity index (χ3n) is 3.82. The summed E-state index contributed by atoms with van der Waals surface area (Å²) in [5.41, 5.74) is 1.86. The van der Waals surface area contributed by atoms with Gasteiger partial charge < -0.3 is 15.4 Å². The first-order chi connectivity index (χ1) is 12.5. The number of hydrogen-bond donors (Lipinski definition) is 3. The van der Waals surface area contributed by atoms with Crippen LogP contribution in [0.25, 0.3) is 10.9 Å². The Bertz CT molecular complexity index is 988. The second kappa shape index (κ2) is 7.18. The van der Waals surface area contributed by atoms with Crippen LogP contribution in [-0.4, -0.2) is 21.9 Å². The lowest BCUT2D eigenvalue weighted by atomic mass is 10.1. The van der Waals surface area contributed by atoms with Crippen molar-refractivity contribution in [3.8, 4) is 5.88 Å². The summed E-state index contributed by atoms with van der Waals surface area (Å²) >= 11 is 0. The molecule has 0 unspecified atom stereocenters. The van der Waals surface area contributed by atoms with Crippen molar-refractivity contribution < 1.29 is 14.7 Å². The van der Waals surface area contributed by atoms with Crippen molar-refractivity contribution in [2.45, 2.75) is 13.8 Å². The van der Waals surface area contributed by atoms with Gasteiger partial charge in [-0.3, -0.25) is 9.59 Å². The van der Waals surface area contributed by atoms with Gasteiger partial charge in [-0.25, -0.2) is 0 Å². The number of hydrogen-bond acceptors (Lipinski definition) is 4. The van der Waals surface area contributed by atoms with E-state index < -0.39 is 5.91 Å². The van der Waals surface area contributed by atoms with E-state index in [1.54, 1.807) is 56.3 Å². The lowest BCUT2D eigenvalue weighted by Crippen LogP contribution is -2.17. The zero-order chi connectivity index (χ0) is 18.7. The number of rotatable bonds is 4. The molecule has 1 aromatic heterocycles. The Hall–Kier alpha value is -3.48. The molecule has 0 aliphatic carbocycles. The topological polar surface area (TPSA) is 107 Å². The van der Waals surface area contributed by atoms with E-state index in [1.165, 1.54) is 0 Å². The van der Waals surface area contributed by atoms with E-state index in [1.807, 2.05) is 6.07 Å². The molecule has 0 spiro atoms. The van der Waals surface area contributed by atoms with Gasteiger partial charge in [0.1, 0.15) is 0 Å². The Labute approximate surface area is 149 Å². The average Bonchev–Trinajstić information content (AvgIpc) is 2.95. The molecule has 0 fully saturated rings. The van der Waals surface area contributed by atoms with Gasteiger partial charge in [-0.2, -0.15) is 0 Å². The van der Waals surface area contributed by atoms with Crippen molar-refractivity contribution in [3.05, 3.63) is 54.1 Å². The molecular weight excluding hydrogens is 332 g/mol. The number of aromatic hydroxyl groups is 1. The number of aromatic nitrogens is 1. The van der Waals surface area contributed by atoms with Gasteiger partial charge in [-0.1, -0.05) is 32.0 Å². The minimum Gasteiger partial charge on any atom is -0.493 e. The number of carbonyl (C=O) groups excluding carboxylic acids is 2. The highest BCUT2D eigenvalue weighted by atomic mass is 16.3. The Morgan fingerprint density at radius 3 is 2.46 bits per heavy atom. The molecule has 0 aliphatic heterocycles. The Balaban J connectivity index is 1.76. The van der Waals surface area contributed by atoms with Crippen molar-refractivity contribution in [1.29, 1.82) is 0 Å². The molecule has 3 aromatic rings. The number of benzene rings is 2. The summed E-state index contributed by atoms with van der Waals surface area (Å²) in [4.78, 5) is 26.6. The van der Waals surface area contributed by atoms with Crippen molar-refractivity contribution in [1.82, 2.24) is 4.98 Å². The maximum absolute atomic E-state index is 12.2. The van der Waals surface area contributed by atoms with E-state index in [9.17, 15) is 14.7 Å². The number of carbonyl (C=O) groups is 2. The fraction of sp³-hybridized carbons (Fsp3) is 0.158. The molecule has 3 N–H and O–H groups in total. The molecule has 7 heteroatoms. The monoisotopic (exact) mass is 350 g/mol. The summed E-state index contributed by atoms with van der Waals surface area (Å²) < 4.78 is 0. The zero-order valence-electron chi connectivity index (χ0n) is 14.4. The largest absolute Gasteiger partial charge is 0.493 e. The summed E-state index contributed by atoms with van der Waals surface area (Å²) in [5.74, 6) is -0.918. The third kappa shape index (κ3) is 3.61. The molecule has 26 heavy (non-hydrogen) atoms. The first-order valence-electron chi connectivity index (χ1n) is 8.12. The van der Waals surface area contributed by atoms with E-state index in [0.717, 1.165) is 0 Å². The van der Waals surface area contributed by atoms with Crippen molar-refractivity contribution in [2.75, 3.05) is 5.32 Å². The molecule has 0 saturated heterocycles. The summed E-state index contributed by atoms with van der Waals surface area (Å²) in [6.45, 7) is 3.60. The minimum atomic E-state index is -0.545. The van der Waals surface area contributed by atoms with Crippen LogP contribution in [0.2, 0.25) is 0 Å². The normalized spacial score (nSPS) is 11.3. The van der Waals surface area contributed by atoms with Gasteiger partial charge in [0, 0.05) is 22.6 Å². The van der Waals surface area contributed by atoms with E-state index >= 15 is 0 Å². The summed E-state index contributed by atoms with van der Waals surface area (Å²) in [6.07, 6.45) is 0. The quantitative estimate of drug-likeness (QED) is 0.607. The number of azo groups is 1. The maximum Gasteiger partial charge on any atom is 0.295 e. The van der Waals surface area contributed by atoms with E-state index in [2.05, 4.69) is 20.5 Å². The minimum absolute atomic E-state index is 0.0985. The maximum atomic E-state index is 12.2. The van der Waals surface area contributed by atoms with E-state index in [4.69, 9.17) is 0 Å². The van der Waals surface area contributed by atoms with Gasteiger partial charge in [0.15, 0.2) is 5.69 Å². The average molecular weight is 350 g/mol. The SMILES string of the molecule is CC(C)C(=O)Nc1ccc(C(=O)N=Nc2c(O)[nH]c3ccccc23)cc1. The highest BCUT2D eigenvalue weighted by molar-refractivity contribution is 5.98. The van der Waals surface area contributed by atoms with Crippen LogP contribution >= 0.6 is 0 Å². The first-order valence-corrected chi connectivity index (χ1v) is 8.12. The molecule has 3 rings (SSSR count). The number of nitrogens with zero attached hydrogens (tertiary/aromatic N) is 2. The standard InChI is InChI=1S/C19H18N4O3/c1-11(2)17(24)20-13-9-7-12(8-10-13)18(25)23-22-16-14-5-3-4-6-15(14)21-19(16)26/h3-11,21,26H,1-2H3,(H,20,24). The lowest BCUT2D eigenvalue weighted by molar-refractivity contribution is -0.118. The number of anilines is 1. The van der Waals surface area contributed by atoms with Gasteiger partial charge in [-0.15, -0.1) is 10.2 Å². The Kier molecular flexibility index (Phi) is 4.79. The second-order valence-corrected chi connectivity index (χ2v) is 6.09. The molecule has 0 saturated carbocycles. The molecule has 0 atom stereocenters. The number of aromatic amines is 1. The van der Waals surface area contributed by atoms with Crippen LogP contribution in [0.5, 0.6) is 5.88 Å². The third-order valence-corrected chi connectivity index (χ3v) is 3.82. The molecule has 132 valence electrons. The summed E-state index contributed by atoms with van der Waals surface area (Å²) in [6, 6.07) is 13.6. The van der Waals surface area contributed by atoms with Crippen LogP contribution in [-0.2, 0) is 4.79 Å².